The highest BCUT2D eigenvalue weighted by molar-refractivity contribution is 7.89. The summed E-state index contributed by atoms with van der Waals surface area (Å²) < 4.78 is 38.4. The van der Waals surface area contributed by atoms with Gasteiger partial charge in [-0.3, -0.25) is 4.79 Å². The maximum absolute atomic E-state index is 13.1. The minimum absolute atomic E-state index is 0.111. The topological polar surface area (TPSA) is 84.9 Å². The van der Waals surface area contributed by atoms with E-state index < -0.39 is 10.0 Å². The quantitative estimate of drug-likeness (QED) is 0.573. The van der Waals surface area contributed by atoms with Gasteiger partial charge in [-0.2, -0.15) is 4.31 Å². The number of hydrogen-bond donors (Lipinski definition) is 1. The molecule has 0 bridgehead atoms. The van der Waals surface area contributed by atoms with Crippen LogP contribution in [-0.2, 0) is 27.8 Å². The van der Waals surface area contributed by atoms with Crippen LogP contribution in [0.15, 0.2) is 71.6 Å². The first-order chi connectivity index (χ1) is 15.9. The van der Waals surface area contributed by atoms with E-state index in [9.17, 15) is 13.2 Å². The molecular formula is C25H26N2O5S. The van der Waals surface area contributed by atoms with Gasteiger partial charge in [-0.05, 0) is 72.5 Å². The van der Waals surface area contributed by atoms with Gasteiger partial charge in [0.15, 0.2) is 6.61 Å². The lowest BCUT2D eigenvalue weighted by Crippen LogP contribution is -2.36. The van der Waals surface area contributed by atoms with Crippen molar-refractivity contribution in [3.63, 3.8) is 0 Å². The molecule has 0 spiro atoms. The predicted molar refractivity (Wildman–Crippen MR) is 126 cm³/mol. The van der Waals surface area contributed by atoms with Gasteiger partial charge < -0.3 is 14.8 Å². The SMILES string of the molecule is COc1ccc(S(=O)(=O)N2CCc3ccc(NC(=O)COc4ccccc4C)cc3C2)cc1. The number of rotatable bonds is 7. The van der Waals surface area contributed by atoms with Gasteiger partial charge in [0.1, 0.15) is 11.5 Å². The maximum Gasteiger partial charge on any atom is 0.262 e. The van der Waals surface area contributed by atoms with Crippen molar-refractivity contribution in [3.8, 4) is 11.5 Å². The van der Waals surface area contributed by atoms with E-state index in [4.69, 9.17) is 9.47 Å². The minimum atomic E-state index is -3.64. The van der Waals surface area contributed by atoms with Crippen molar-refractivity contribution < 1.29 is 22.7 Å². The van der Waals surface area contributed by atoms with E-state index >= 15 is 0 Å². The van der Waals surface area contributed by atoms with Crippen molar-refractivity contribution in [1.82, 2.24) is 4.31 Å². The van der Waals surface area contributed by atoms with Crippen molar-refractivity contribution in [1.29, 1.82) is 0 Å². The number of nitrogens with zero attached hydrogens (tertiary/aromatic N) is 1. The second-order valence-corrected chi connectivity index (χ2v) is 9.79. The third kappa shape index (κ3) is 5.18. The van der Waals surface area contributed by atoms with Crippen LogP contribution in [0.5, 0.6) is 11.5 Å². The molecule has 0 fully saturated rings. The maximum atomic E-state index is 13.1. The van der Waals surface area contributed by atoms with Gasteiger partial charge in [-0.25, -0.2) is 8.42 Å². The van der Waals surface area contributed by atoms with Gasteiger partial charge in [0.2, 0.25) is 10.0 Å². The molecule has 4 rings (SSSR count). The van der Waals surface area contributed by atoms with Crippen molar-refractivity contribution in [2.75, 3.05) is 25.6 Å². The van der Waals surface area contributed by atoms with Crippen molar-refractivity contribution >= 4 is 21.6 Å². The van der Waals surface area contributed by atoms with E-state index in [1.165, 1.54) is 11.4 Å². The predicted octanol–water partition coefficient (Wildman–Crippen LogP) is 3.77. The zero-order chi connectivity index (χ0) is 23.4. The van der Waals surface area contributed by atoms with Crippen LogP contribution >= 0.6 is 0 Å². The molecule has 0 saturated heterocycles. The number of anilines is 1. The fraction of sp³-hybridized carbons (Fsp3) is 0.240. The van der Waals surface area contributed by atoms with Gasteiger partial charge in [0, 0.05) is 18.8 Å². The summed E-state index contributed by atoms with van der Waals surface area (Å²) in [4.78, 5) is 12.6. The summed E-state index contributed by atoms with van der Waals surface area (Å²) in [6.07, 6.45) is 0.606. The van der Waals surface area contributed by atoms with E-state index in [0.29, 0.717) is 30.2 Å². The van der Waals surface area contributed by atoms with E-state index in [1.54, 1.807) is 24.3 Å². The van der Waals surface area contributed by atoms with Crippen LogP contribution in [0.2, 0.25) is 0 Å². The molecule has 0 aliphatic carbocycles. The molecule has 0 unspecified atom stereocenters. The lowest BCUT2D eigenvalue weighted by atomic mass is 10.0. The van der Waals surface area contributed by atoms with Gasteiger partial charge in [-0.15, -0.1) is 0 Å². The summed E-state index contributed by atoms with van der Waals surface area (Å²) in [5.41, 5.74) is 3.51. The zero-order valence-corrected chi connectivity index (χ0v) is 19.4. The molecule has 1 N–H and O–H groups in total. The molecule has 172 valence electrons. The number of hydrogen-bond acceptors (Lipinski definition) is 5. The molecule has 8 heteroatoms. The Bertz CT molecular complexity index is 1260. The van der Waals surface area contributed by atoms with Crippen LogP contribution < -0.4 is 14.8 Å². The highest BCUT2D eigenvalue weighted by Gasteiger charge is 2.28. The van der Waals surface area contributed by atoms with Gasteiger partial charge >= 0.3 is 0 Å². The molecule has 3 aromatic carbocycles. The summed E-state index contributed by atoms with van der Waals surface area (Å²) in [6.45, 7) is 2.45. The number of para-hydroxylation sites is 1. The average molecular weight is 467 g/mol. The fourth-order valence-corrected chi connectivity index (χ4v) is 5.19. The third-order valence-electron chi connectivity index (χ3n) is 5.62. The Labute approximate surface area is 194 Å². The molecule has 3 aromatic rings. The lowest BCUT2D eigenvalue weighted by molar-refractivity contribution is -0.118. The Hall–Kier alpha value is -3.36. The number of amides is 1. The van der Waals surface area contributed by atoms with Crippen LogP contribution in [0.3, 0.4) is 0 Å². The van der Waals surface area contributed by atoms with Gasteiger partial charge in [0.05, 0.1) is 12.0 Å². The first kappa shape index (κ1) is 22.8. The number of benzene rings is 3. The fourth-order valence-electron chi connectivity index (χ4n) is 3.77. The average Bonchev–Trinajstić information content (AvgIpc) is 2.83. The first-order valence-corrected chi connectivity index (χ1v) is 12.0. The summed E-state index contributed by atoms with van der Waals surface area (Å²) >= 11 is 0. The summed E-state index contributed by atoms with van der Waals surface area (Å²) in [5.74, 6) is 0.985. The summed E-state index contributed by atoms with van der Waals surface area (Å²) in [7, 11) is -2.10. The van der Waals surface area contributed by atoms with Gasteiger partial charge in [-0.1, -0.05) is 24.3 Å². The van der Waals surface area contributed by atoms with Crippen LogP contribution in [0.25, 0.3) is 0 Å². The zero-order valence-electron chi connectivity index (χ0n) is 18.6. The normalized spacial score (nSPS) is 13.8. The Balaban J connectivity index is 1.43. The number of methoxy groups -OCH3 is 1. The number of aryl methyl sites for hydroxylation is 1. The molecule has 1 heterocycles. The second-order valence-electron chi connectivity index (χ2n) is 7.85. The molecule has 1 amide bonds. The molecule has 0 radical (unpaired) electrons. The van der Waals surface area contributed by atoms with Crippen molar-refractivity contribution in [3.05, 3.63) is 83.4 Å². The monoisotopic (exact) mass is 466 g/mol. The molecule has 0 atom stereocenters. The Morgan fingerprint density at radius 3 is 2.52 bits per heavy atom. The van der Waals surface area contributed by atoms with E-state index in [2.05, 4.69) is 5.32 Å². The van der Waals surface area contributed by atoms with E-state index in [1.807, 2.05) is 49.4 Å². The Kier molecular flexibility index (Phi) is 6.67. The Morgan fingerprint density at radius 2 is 1.79 bits per heavy atom. The number of nitrogens with one attached hydrogen (secondary N) is 1. The molecule has 33 heavy (non-hydrogen) atoms. The van der Waals surface area contributed by atoms with Gasteiger partial charge in [0.25, 0.3) is 5.91 Å². The number of carbonyl (C=O) groups is 1. The third-order valence-corrected chi connectivity index (χ3v) is 7.48. The van der Waals surface area contributed by atoms with Crippen molar-refractivity contribution in [2.45, 2.75) is 24.8 Å². The molecular weight excluding hydrogens is 440 g/mol. The standard InChI is InChI=1S/C25H26N2O5S/c1-18-5-3-4-6-24(18)32-17-25(28)26-21-8-7-19-13-14-27(16-20(19)15-21)33(29,30)23-11-9-22(31-2)10-12-23/h3-12,15H,13-14,16-17H2,1-2H3,(H,26,28). The highest BCUT2D eigenvalue weighted by atomic mass is 32.2. The minimum Gasteiger partial charge on any atom is -0.497 e. The smallest absolute Gasteiger partial charge is 0.262 e. The summed E-state index contributed by atoms with van der Waals surface area (Å²) in [6, 6.07) is 19.5. The lowest BCUT2D eigenvalue weighted by Gasteiger charge is -2.28. The molecule has 0 saturated carbocycles. The molecule has 1 aliphatic rings. The van der Waals surface area contributed by atoms with Crippen LogP contribution in [0.1, 0.15) is 16.7 Å². The number of sulfonamides is 1. The van der Waals surface area contributed by atoms with E-state index in [0.717, 1.165) is 16.7 Å². The molecule has 1 aliphatic heterocycles. The van der Waals surface area contributed by atoms with Crippen molar-refractivity contribution in [2.24, 2.45) is 0 Å². The summed E-state index contributed by atoms with van der Waals surface area (Å²) in [5, 5.41) is 2.83. The molecule has 7 nitrogen and oxygen atoms in total. The number of carbonyl (C=O) groups excluding carboxylic acids is 1. The largest absolute Gasteiger partial charge is 0.497 e. The number of ether oxygens (including phenoxy) is 2. The highest BCUT2D eigenvalue weighted by Crippen LogP contribution is 2.28. The van der Waals surface area contributed by atoms with Crippen LogP contribution in [0, 0.1) is 6.92 Å². The van der Waals surface area contributed by atoms with Crippen LogP contribution in [0.4, 0.5) is 5.69 Å². The van der Waals surface area contributed by atoms with Crippen LogP contribution in [-0.4, -0.2) is 38.9 Å². The van der Waals surface area contributed by atoms with E-state index in [-0.39, 0.29) is 24.0 Å². The molecule has 0 aromatic heterocycles. The number of fused-ring (bicyclic) bond motifs is 1. The first-order valence-electron chi connectivity index (χ1n) is 10.6. The second kappa shape index (κ2) is 9.64. The Morgan fingerprint density at radius 1 is 1.03 bits per heavy atom.